The lowest BCUT2D eigenvalue weighted by Gasteiger charge is -2.08. The zero-order valence-electron chi connectivity index (χ0n) is 17.4. The Kier molecular flexibility index (Phi) is 6.02. The van der Waals surface area contributed by atoms with Crippen molar-refractivity contribution in [2.45, 2.75) is 54.1 Å². The van der Waals surface area contributed by atoms with Crippen LogP contribution in [0.1, 0.15) is 57.2 Å². The fraction of sp³-hybridized carbons (Fsp3) is 0.429. The summed E-state index contributed by atoms with van der Waals surface area (Å²) in [7, 11) is 0. The first-order valence-corrected chi connectivity index (χ1v) is 10.5. The van der Waals surface area contributed by atoms with Crippen molar-refractivity contribution in [3.8, 4) is 0 Å². The number of carbonyl (C=O) groups is 2. The van der Waals surface area contributed by atoms with Gasteiger partial charge in [-0.05, 0) is 45.7 Å². The third kappa shape index (κ3) is 3.76. The van der Waals surface area contributed by atoms with Gasteiger partial charge in [0.1, 0.15) is 9.71 Å². The van der Waals surface area contributed by atoms with Crippen molar-refractivity contribution >= 4 is 33.3 Å². The molecule has 0 aliphatic heterocycles. The van der Waals surface area contributed by atoms with Crippen LogP contribution in [-0.4, -0.2) is 32.5 Å². The van der Waals surface area contributed by atoms with Crippen molar-refractivity contribution in [3.05, 3.63) is 50.1 Å². The number of nitrogens with zero attached hydrogens (tertiary/aromatic N) is 3. The van der Waals surface area contributed by atoms with Crippen molar-refractivity contribution in [1.82, 2.24) is 14.1 Å². The number of hydrogen-bond donors (Lipinski definition) is 0. The Morgan fingerprint density at radius 3 is 2.59 bits per heavy atom. The first kappa shape index (κ1) is 21.0. The molecular weight excluding hydrogens is 390 g/mol. The van der Waals surface area contributed by atoms with Gasteiger partial charge in [0.25, 0.3) is 5.56 Å². The summed E-state index contributed by atoms with van der Waals surface area (Å²) in [5.74, 6) is -0.597. The van der Waals surface area contributed by atoms with Crippen LogP contribution >= 0.6 is 11.3 Å². The number of carbonyl (C=O) groups excluding carboxylic acids is 2. The number of Topliss-reactive ketones (excluding diaryl/α,β-unsaturated/α-hetero) is 1. The molecule has 29 heavy (non-hydrogen) atoms. The molecule has 0 aliphatic rings. The van der Waals surface area contributed by atoms with E-state index in [1.54, 1.807) is 13.8 Å². The van der Waals surface area contributed by atoms with Gasteiger partial charge in [0.2, 0.25) is 0 Å². The topological polar surface area (TPSA) is 83.2 Å². The van der Waals surface area contributed by atoms with Crippen LogP contribution in [0.3, 0.4) is 0 Å². The van der Waals surface area contributed by atoms with Crippen molar-refractivity contribution in [1.29, 1.82) is 0 Å². The molecule has 0 bridgehead atoms. The van der Waals surface area contributed by atoms with Crippen LogP contribution < -0.4 is 5.56 Å². The van der Waals surface area contributed by atoms with Gasteiger partial charge in [-0.25, -0.2) is 9.78 Å². The standard InChI is InChI=1S/C21H25N3O4S/c1-6-8-24-12(3)9-15(14(24)5)16(25)10-23-11-22-19-17(20(23)26)13(4)18(29-19)21(27)28-7-2/h9,11H,6-8,10H2,1-5H3. The van der Waals surface area contributed by atoms with Gasteiger partial charge in [0.05, 0.1) is 24.9 Å². The number of aromatic nitrogens is 3. The highest BCUT2D eigenvalue weighted by Gasteiger charge is 2.22. The summed E-state index contributed by atoms with van der Waals surface area (Å²) in [5, 5.41) is 0.366. The number of hydrogen-bond acceptors (Lipinski definition) is 6. The maximum Gasteiger partial charge on any atom is 0.348 e. The van der Waals surface area contributed by atoms with E-state index in [0.29, 0.717) is 26.2 Å². The average molecular weight is 416 g/mol. The molecule has 0 aliphatic carbocycles. The van der Waals surface area contributed by atoms with Crippen molar-refractivity contribution in [2.75, 3.05) is 6.61 Å². The van der Waals surface area contributed by atoms with Gasteiger partial charge in [-0.3, -0.25) is 14.2 Å². The van der Waals surface area contributed by atoms with Gasteiger partial charge in [-0.15, -0.1) is 11.3 Å². The lowest BCUT2D eigenvalue weighted by molar-refractivity contribution is 0.0531. The van der Waals surface area contributed by atoms with Gasteiger partial charge < -0.3 is 9.30 Å². The van der Waals surface area contributed by atoms with E-state index in [-0.39, 0.29) is 24.5 Å². The number of aryl methyl sites for hydroxylation is 2. The van der Waals surface area contributed by atoms with Gasteiger partial charge in [0.15, 0.2) is 5.78 Å². The third-order valence-electron chi connectivity index (χ3n) is 5.01. The number of ketones is 1. The van der Waals surface area contributed by atoms with Gasteiger partial charge in [-0.1, -0.05) is 6.92 Å². The molecule has 3 aromatic rings. The van der Waals surface area contributed by atoms with Crippen LogP contribution in [-0.2, 0) is 17.8 Å². The summed E-state index contributed by atoms with van der Waals surface area (Å²) in [6.07, 6.45) is 2.35. The second-order valence-electron chi connectivity index (χ2n) is 6.99. The van der Waals surface area contributed by atoms with E-state index in [1.807, 2.05) is 19.9 Å². The summed E-state index contributed by atoms with van der Waals surface area (Å²) in [5.41, 5.74) is 2.78. The van der Waals surface area contributed by atoms with Crippen molar-refractivity contribution in [2.24, 2.45) is 0 Å². The van der Waals surface area contributed by atoms with Crippen LogP contribution in [0.5, 0.6) is 0 Å². The fourth-order valence-corrected chi connectivity index (χ4v) is 4.59. The van der Waals surface area contributed by atoms with E-state index in [2.05, 4.69) is 16.5 Å². The predicted molar refractivity (Wildman–Crippen MR) is 113 cm³/mol. The molecule has 0 saturated carbocycles. The zero-order chi connectivity index (χ0) is 21.3. The molecule has 0 aromatic carbocycles. The van der Waals surface area contributed by atoms with E-state index in [0.717, 1.165) is 35.7 Å². The van der Waals surface area contributed by atoms with E-state index in [4.69, 9.17) is 4.74 Å². The maximum atomic E-state index is 13.0. The predicted octanol–water partition coefficient (Wildman–Crippen LogP) is 3.65. The molecule has 0 radical (unpaired) electrons. The summed E-state index contributed by atoms with van der Waals surface area (Å²) in [4.78, 5) is 43.2. The average Bonchev–Trinajstić information content (AvgIpc) is 3.16. The minimum atomic E-state index is -0.460. The molecule has 154 valence electrons. The van der Waals surface area contributed by atoms with E-state index < -0.39 is 5.97 Å². The minimum Gasteiger partial charge on any atom is -0.462 e. The Labute approximate surface area is 172 Å². The van der Waals surface area contributed by atoms with Crippen LogP contribution in [0.25, 0.3) is 10.2 Å². The van der Waals surface area contributed by atoms with Crippen molar-refractivity contribution < 1.29 is 14.3 Å². The number of ether oxygens (including phenoxy) is 1. The third-order valence-corrected chi connectivity index (χ3v) is 6.19. The molecule has 0 N–H and O–H groups in total. The molecule has 0 saturated heterocycles. The SMILES string of the molecule is CCCn1c(C)cc(C(=O)Cn2cnc3sc(C(=O)OCC)c(C)c3c2=O)c1C. The highest BCUT2D eigenvalue weighted by molar-refractivity contribution is 7.20. The van der Waals surface area contributed by atoms with Crippen LogP contribution in [0.15, 0.2) is 17.2 Å². The Morgan fingerprint density at radius 2 is 1.93 bits per heavy atom. The van der Waals surface area contributed by atoms with E-state index >= 15 is 0 Å². The van der Waals surface area contributed by atoms with Crippen molar-refractivity contribution in [3.63, 3.8) is 0 Å². The molecule has 0 amide bonds. The fourth-order valence-electron chi connectivity index (χ4n) is 3.55. The highest BCUT2D eigenvalue weighted by Crippen LogP contribution is 2.27. The number of thiophene rings is 1. The van der Waals surface area contributed by atoms with E-state index in [9.17, 15) is 14.4 Å². The molecule has 0 atom stereocenters. The highest BCUT2D eigenvalue weighted by atomic mass is 32.1. The molecule has 3 aromatic heterocycles. The molecular formula is C21H25N3O4S. The Hall–Kier alpha value is -2.74. The number of fused-ring (bicyclic) bond motifs is 1. The molecule has 3 rings (SSSR count). The van der Waals surface area contributed by atoms with Crippen LogP contribution in [0.4, 0.5) is 0 Å². The largest absolute Gasteiger partial charge is 0.462 e. The van der Waals surface area contributed by atoms with Crippen LogP contribution in [0, 0.1) is 20.8 Å². The lowest BCUT2D eigenvalue weighted by Crippen LogP contribution is -2.25. The Bertz CT molecular complexity index is 1150. The Balaban J connectivity index is 1.97. The monoisotopic (exact) mass is 415 g/mol. The maximum absolute atomic E-state index is 13.0. The molecule has 8 heteroatoms. The molecule has 0 fully saturated rings. The lowest BCUT2D eigenvalue weighted by atomic mass is 10.1. The summed E-state index contributed by atoms with van der Waals surface area (Å²) < 4.78 is 8.48. The summed E-state index contributed by atoms with van der Waals surface area (Å²) in [6, 6.07) is 1.87. The first-order chi connectivity index (χ1) is 13.8. The van der Waals surface area contributed by atoms with Crippen LogP contribution in [0.2, 0.25) is 0 Å². The number of esters is 1. The molecule has 3 heterocycles. The zero-order valence-corrected chi connectivity index (χ0v) is 18.2. The van der Waals surface area contributed by atoms with Gasteiger partial charge in [0, 0.05) is 23.5 Å². The van der Waals surface area contributed by atoms with Gasteiger partial charge in [-0.2, -0.15) is 0 Å². The minimum absolute atomic E-state index is 0.0950. The summed E-state index contributed by atoms with van der Waals surface area (Å²) in [6.45, 7) is 10.4. The smallest absolute Gasteiger partial charge is 0.348 e. The molecule has 0 unspecified atom stereocenters. The second-order valence-corrected chi connectivity index (χ2v) is 7.99. The molecule has 7 nitrogen and oxygen atoms in total. The Morgan fingerprint density at radius 1 is 1.21 bits per heavy atom. The summed E-state index contributed by atoms with van der Waals surface area (Å²) >= 11 is 1.14. The van der Waals surface area contributed by atoms with E-state index in [1.165, 1.54) is 10.9 Å². The second kappa shape index (κ2) is 8.32. The van der Waals surface area contributed by atoms with Gasteiger partial charge >= 0.3 is 5.97 Å². The normalized spacial score (nSPS) is 11.2. The number of rotatable bonds is 7. The quantitative estimate of drug-likeness (QED) is 0.434. The molecule has 0 spiro atoms. The first-order valence-electron chi connectivity index (χ1n) is 9.65.